The van der Waals surface area contributed by atoms with E-state index in [9.17, 15) is 14.5 Å². The lowest BCUT2D eigenvalue weighted by atomic mass is 10.2. The first-order chi connectivity index (χ1) is 5.68. The standard InChI is InChI=1S/C7H7FN2O2/c8-7-2-1-6(5-9-7)3-4-10(11)12/h1-2,5H,3-4H2. The summed E-state index contributed by atoms with van der Waals surface area (Å²) in [7, 11) is 0. The van der Waals surface area contributed by atoms with Gasteiger partial charge in [-0.3, -0.25) is 10.1 Å². The monoisotopic (exact) mass is 170 g/mol. The molecule has 0 unspecified atom stereocenters. The van der Waals surface area contributed by atoms with E-state index in [1.54, 1.807) is 0 Å². The van der Waals surface area contributed by atoms with Crippen molar-refractivity contribution in [2.45, 2.75) is 6.42 Å². The van der Waals surface area contributed by atoms with Crippen LogP contribution in [0.25, 0.3) is 0 Å². The zero-order valence-corrected chi connectivity index (χ0v) is 6.24. The van der Waals surface area contributed by atoms with Crippen LogP contribution in [-0.2, 0) is 6.42 Å². The highest BCUT2D eigenvalue weighted by Gasteiger charge is 1.99. The summed E-state index contributed by atoms with van der Waals surface area (Å²) < 4.78 is 12.2. The Morgan fingerprint density at radius 3 is 2.83 bits per heavy atom. The first-order valence-electron chi connectivity index (χ1n) is 3.41. The Balaban J connectivity index is 2.53. The van der Waals surface area contributed by atoms with Gasteiger partial charge in [-0.1, -0.05) is 6.07 Å². The van der Waals surface area contributed by atoms with Crippen molar-refractivity contribution in [1.82, 2.24) is 4.98 Å². The molecule has 4 nitrogen and oxygen atoms in total. The summed E-state index contributed by atoms with van der Waals surface area (Å²) in [6.45, 7) is -0.146. The molecule has 0 saturated carbocycles. The van der Waals surface area contributed by atoms with Crippen molar-refractivity contribution in [2.75, 3.05) is 6.54 Å². The number of rotatable bonds is 3. The maximum absolute atomic E-state index is 12.2. The van der Waals surface area contributed by atoms with Crippen molar-refractivity contribution in [2.24, 2.45) is 0 Å². The average Bonchev–Trinajstić information content (AvgIpc) is 2.03. The van der Waals surface area contributed by atoms with Crippen LogP contribution >= 0.6 is 0 Å². The molecule has 12 heavy (non-hydrogen) atoms. The molecule has 0 amide bonds. The Morgan fingerprint density at radius 2 is 2.33 bits per heavy atom. The van der Waals surface area contributed by atoms with Crippen molar-refractivity contribution in [3.8, 4) is 0 Å². The van der Waals surface area contributed by atoms with Crippen LogP contribution in [0, 0.1) is 16.1 Å². The Hall–Kier alpha value is -1.52. The van der Waals surface area contributed by atoms with Crippen LogP contribution in [0.3, 0.4) is 0 Å². The number of nitrogens with zero attached hydrogens (tertiary/aromatic N) is 2. The third kappa shape index (κ3) is 2.61. The minimum Gasteiger partial charge on any atom is -0.265 e. The summed E-state index contributed by atoms with van der Waals surface area (Å²) in [6.07, 6.45) is 1.60. The fourth-order valence-electron chi connectivity index (χ4n) is 0.775. The highest BCUT2D eigenvalue weighted by molar-refractivity contribution is 5.09. The normalized spacial score (nSPS) is 9.75. The highest BCUT2D eigenvalue weighted by Crippen LogP contribution is 1.99. The summed E-state index contributed by atoms with van der Waals surface area (Å²) in [5.74, 6) is -0.570. The fraction of sp³-hybridized carbons (Fsp3) is 0.286. The molecule has 0 saturated heterocycles. The van der Waals surface area contributed by atoms with Gasteiger partial charge in [0.25, 0.3) is 0 Å². The predicted octanol–water partition coefficient (Wildman–Crippen LogP) is 1.04. The van der Waals surface area contributed by atoms with E-state index in [1.807, 2.05) is 0 Å². The van der Waals surface area contributed by atoms with Gasteiger partial charge in [0.1, 0.15) is 0 Å². The SMILES string of the molecule is O=[N+]([O-])CCc1ccc(F)nc1. The summed E-state index contributed by atoms with van der Waals surface area (Å²) in [5.41, 5.74) is 0.674. The molecule has 0 bridgehead atoms. The quantitative estimate of drug-likeness (QED) is 0.387. The third-order valence-corrected chi connectivity index (χ3v) is 1.37. The van der Waals surface area contributed by atoms with E-state index in [4.69, 9.17) is 0 Å². The van der Waals surface area contributed by atoms with Crippen molar-refractivity contribution < 1.29 is 9.31 Å². The van der Waals surface area contributed by atoms with Crippen LogP contribution in [0.2, 0.25) is 0 Å². The zero-order valence-electron chi connectivity index (χ0n) is 6.24. The van der Waals surface area contributed by atoms with Crippen molar-refractivity contribution in [3.63, 3.8) is 0 Å². The predicted molar refractivity (Wildman–Crippen MR) is 39.8 cm³/mol. The van der Waals surface area contributed by atoms with Crippen molar-refractivity contribution in [3.05, 3.63) is 40.0 Å². The van der Waals surface area contributed by atoms with Gasteiger partial charge in [-0.2, -0.15) is 4.39 Å². The van der Waals surface area contributed by atoms with Crippen LogP contribution < -0.4 is 0 Å². The van der Waals surface area contributed by atoms with Gasteiger partial charge in [0.15, 0.2) is 0 Å². The van der Waals surface area contributed by atoms with E-state index in [-0.39, 0.29) is 6.54 Å². The van der Waals surface area contributed by atoms with E-state index in [0.29, 0.717) is 12.0 Å². The molecule has 0 aromatic carbocycles. The first-order valence-corrected chi connectivity index (χ1v) is 3.41. The van der Waals surface area contributed by atoms with Crippen molar-refractivity contribution in [1.29, 1.82) is 0 Å². The molecule has 0 aliphatic heterocycles. The van der Waals surface area contributed by atoms with Crippen LogP contribution in [0.5, 0.6) is 0 Å². The van der Waals surface area contributed by atoms with E-state index >= 15 is 0 Å². The maximum atomic E-state index is 12.2. The second kappa shape index (κ2) is 3.75. The summed E-state index contributed by atoms with van der Waals surface area (Å²) in [4.78, 5) is 12.9. The molecule has 0 spiro atoms. The van der Waals surface area contributed by atoms with Gasteiger partial charge in [0.2, 0.25) is 12.5 Å². The summed E-state index contributed by atoms with van der Waals surface area (Å²) in [6, 6.07) is 2.68. The molecule has 64 valence electrons. The second-order valence-corrected chi connectivity index (χ2v) is 2.30. The van der Waals surface area contributed by atoms with E-state index < -0.39 is 10.9 Å². The molecule has 1 rings (SSSR count). The third-order valence-electron chi connectivity index (χ3n) is 1.37. The number of aromatic nitrogens is 1. The summed E-state index contributed by atoms with van der Waals surface area (Å²) in [5, 5.41) is 9.95. The Labute approximate surface area is 68.2 Å². The summed E-state index contributed by atoms with van der Waals surface area (Å²) >= 11 is 0. The molecule has 0 radical (unpaired) electrons. The van der Waals surface area contributed by atoms with Gasteiger partial charge in [-0.15, -0.1) is 0 Å². The smallest absolute Gasteiger partial charge is 0.212 e. The van der Waals surface area contributed by atoms with Gasteiger partial charge in [0.05, 0.1) is 0 Å². The molecule has 1 aromatic heterocycles. The molecular formula is C7H7FN2O2. The van der Waals surface area contributed by atoms with Gasteiger partial charge >= 0.3 is 0 Å². The molecule has 0 fully saturated rings. The minimum atomic E-state index is -0.570. The number of hydrogen-bond donors (Lipinski definition) is 0. The molecule has 0 aliphatic carbocycles. The van der Waals surface area contributed by atoms with E-state index in [1.165, 1.54) is 18.3 Å². The minimum absolute atomic E-state index is 0.146. The fourth-order valence-corrected chi connectivity index (χ4v) is 0.775. The highest BCUT2D eigenvalue weighted by atomic mass is 19.1. The Bertz CT molecular complexity index is 273. The van der Waals surface area contributed by atoms with Crippen LogP contribution in [0.1, 0.15) is 5.56 Å². The molecule has 1 heterocycles. The zero-order chi connectivity index (χ0) is 8.97. The lowest BCUT2D eigenvalue weighted by molar-refractivity contribution is -0.479. The molecule has 5 heteroatoms. The number of halogens is 1. The van der Waals surface area contributed by atoms with Crippen LogP contribution in [-0.4, -0.2) is 16.5 Å². The lowest BCUT2D eigenvalue weighted by Crippen LogP contribution is -2.04. The number of pyridine rings is 1. The largest absolute Gasteiger partial charge is 0.265 e. The average molecular weight is 170 g/mol. The van der Waals surface area contributed by atoms with Crippen LogP contribution in [0.15, 0.2) is 18.3 Å². The van der Waals surface area contributed by atoms with E-state index in [2.05, 4.69) is 4.98 Å². The van der Waals surface area contributed by atoms with Crippen LogP contribution in [0.4, 0.5) is 4.39 Å². The maximum Gasteiger partial charge on any atom is 0.212 e. The van der Waals surface area contributed by atoms with Gasteiger partial charge in [0, 0.05) is 17.5 Å². The molecule has 0 N–H and O–H groups in total. The van der Waals surface area contributed by atoms with Gasteiger partial charge in [-0.25, -0.2) is 4.98 Å². The molecular weight excluding hydrogens is 163 g/mol. The van der Waals surface area contributed by atoms with Gasteiger partial charge < -0.3 is 0 Å². The lowest BCUT2D eigenvalue weighted by Gasteiger charge is -1.94. The Morgan fingerprint density at radius 1 is 1.58 bits per heavy atom. The van der Waals surface area contributed by atoms with E-state index in [0.717, 1.165) is 0 Å². The number of nitro groups is 1. The van der Waals surface area contributed by atoms with Gasteiger partial charge in [-0.05, 0) is 11.6 Å². The molecule has 1 aromatic rings. The topological polar surface area (TPSA) is 56.0 Å². The Kier molecular flexibility index (Phi) is 2.68. The first kappa shape index (κ1) is 8.58. The molecule has 0 aliphatic rings. The van der Waals surface area contributed by atoms with Crippen molar-refractivity contribution >= 4 is 0 Å². The number of hydrogen-bond acceptors (Lipinski definition) is 3. The molecule has 0 atom stereocenters. The second-order valence-electron chi connectivity index (χ2n) is 2.30.